The second-order valence-electron chi connectivity index (χ2n) is 32.8. The van der Waals surface area contributed by atoms with Crippen molar-refractivity contribution < 1.29 is 32.8 Å². The van der Waals surface area contributed by atoms with Crippen LogP contribution >= 0.6 is 79.4 Å². The highest BCUT2D eigenvalue weighted by Crippen LogP contribution is 2.38. The van der Waals surface area contributed by atoms with Gasteiger partial charge in [-0.25, -0.2) is 9.97 Å². The molecule has 15 aromatic rings. The van der Waals surface area contributed by atoms with Gasteiger partial charge in [-0.05, 0) is 226 Å². The lowest BCUT2D eigenvalue weighted by atomic mass is 9.99. The van der Waals surface area contributed by atoms with E-state index in [4.69, 9.17) is 37.5 Å². The number of nitrogens with zero attached hydrogens (tertiary/aromatic N) is 9. The maximum Gasteiger partial charge on any atom is 0.186 e. The van der Waals surface area contributed by atoms with Gasteiger partial charge in [0.05, 0.1) is 70.1 Å². The summed E-state index contributed by atoms with van der Waals surface area (Å²) in [5, 5.41) is 22.8. The highest BCUT2D eigenvalue weighted by atomic mass is 32.1. The minimum absolute atomic E-state index is 0.0721. The number of carbonyl (C=O) groups excluding carboxylic acids is 5. The maximum atomic E-state index is 13.0. The second-order valence-corrected chi connectivity index (χ2v) is 39.9. The molecule has 5 aliphatic rings. The van der Waals surface area contributed by atoms with Gasteiger partial charge in [-0.3, -0.25) is 29.0 Å². The number of furan rings is 2. The number of thiazole rings is 2. The molecule has 5 fully saturated rings. The monoisotopic (exact) mass is 1910 g/mol. The van der Waals surface area contributed by atoms with Crippen LogP contribution in [0.5, 0.6) is 0 Å². The molecule has 0 unspecified atom stereocenters. The third-order valence-electron chi connectivity index (χ3n) is 23.6. The molecule has 0 bridgehead atoms. The van der Waals surface area contributed by atoms with Crippen molar-refractivity contribution in [2.75, 3.05) is 191 Å². The van der Waals surface area contributed by atoms with Gasteiger partial charge in [0.2, 0.25) is 0 Å². The molecule has 14 N–H and O–H groups in total. The average Bonchev–Trinajstić information content (AvgIpc) is 1.73. The third-order valence-corrected chi connectivity index (χ3v) is 31.4. The van der Waals surface area contributed by atoms with E-state index in [-0.39, 0.29) is 28.9 Å². The van der Waals surface area contributed by atoms with Gasteiger partial charge in [0.15, 0.2) is 39.2 Å². The van der Waals surface area contributed by atoms with Gasteiger partial charge in [0.1, 0.15) is 5.76 Å². The fourth-order valence-electron chi connectivity index (χ4n) is 16.0. The van der Waals surface area contributed by atoms with Gasteiger partial charge in [0, 0.05) is 225 Å². The Morgan fingerprint density at radius 2 is 0.767 bits per heavy atom. The molecule has 5 aromatic carbocycles. The summed E-state index contributed by atoms with van der Waals surface area (Å²) in [6.07, 6.45) is 11.7. The third kappa shape index (κ3) is 24.8. The molecule has 25 nitrogen and oxygen atoms in total. The number of nitrogens with two attached hydrogens (primary N) is 5. The molecule has 0 aliphatic carbocycles. The smallest absolute Gasteiger partial charge is 0.186 e. The molecule has 0 saturated carbocycles. The first-order valence-corrected chi connectivity index (χ1v) is 50.3. The molecule has 5 aliphatic heterocycles. The number of carbonyl (C=O) groups is 5. The van der Waals surface area contributed by atoms with E-state index in [9.17, 15) is 24.0 Å². The Morgan fingerprint density at radius 3 is 1.19 bits per heavy atom. The van der Waals surface area contributed by atoms with Crippen LogP contribution in [-0.2, 0) is 32.1 Å². The van der Waals surface area contributed by atoms with Crippen molar-refractivity contribution in [3.8, 4) is 54.5 Å². The predicted molar refractivity (Wildman–Crippen MR) is 552 cm³/mol. The lowest BCUT2D eigenvalue weighted by molar-refractivity contribution is 0.0988. The normalized spacial score (nSPS) is 14.6. The molecule has 0 radical (unpaired) electrons. The number of thiophene rings is 5. The van der Waals surface area contributed by atoms with E-state index in [0.29, 0.717) is 65.4 Å². The molecule has 32 heteroatoms. The van der Waals surface area contributed by atoms with Crippen LogP contribution in [-0.4, -0.2) is 187 Å². The highest BCUT2D eigenvalue weighted by molar-refractivity contribution is 7.19. The van der Waals surface area contributed by atoms with E-state index in [2.05, 4.69) is 102 Å². The fourth-order valence-corrected chi connectivity index (χ4v) is 22.4. The topological polar surface area (TPSA) is 348 Å². The van der Waals surface area contributed by atoms with Crippen molar-refractivity contribution in [3.63, 3.8) is 0 Å². The molecule has 5 saturated heterocycles. The first kappa shape index (κ1) is 93.9. The number of aromatic nitrogens is 3. The standard InChI is InChI=1S/C21H22N4OS.2C20H22N4OS2.2C20H21N3O2S/c22-18-2-1-16(15-5-7-23-8-6-15)13-17(18)14-19(26)20-3-4-21(27-20)25-11-9-24-10-12-25;1-23-6-8-24(9-7-23)20-22-13-19(27-20)17(25)12-15-11-14(4-5-16(15)21)18-3-2-10-26-18;1-13-19(27-20(23-13)24-8-6-22-7-9-24)17(25)12-15-11-14(4-5-16(15)21)18-3-2-10-26-18;21-17-2-1-14(15-5-10-25-13-15)11-16(17)12-18(24)19-3-4-20(26-19)23-8-6-22-7-9-23;21-16-4-3-14(18-2-1-11-25-18)12-15(16)13-17(24)19-5-6-20(26-19)23-9-7-22-8-10-23/h1-8,13,24H,9-12,14,22H2;2-5,10-11,13H,6-9,12,21H2,1H3;2-5,10-11,22H,6-9,12,21H2,1H3;1-5,10-11,13,22H,6-9,12,21H2;1-6,11-12,22H,7-10,13,21H2. The SMILES string of the molecule is CN1CCN(c2ncc(C(=O)Cc3cc(-c4cccs4)ccc3N)s2)CC1.Cc1nc(N2CCNCC2)sc1C(=O)Cc1cc(-c2cccs2)ccc1N.Nc1ccc(-c2ccco2)cc1CC(=O)c1ccc(N2CCNCC2)s1.Nc1ccc(-c2ccncc2)cc1CC(=O)c1ccc(N2CCNCC2)s1.Nc1ccc(-c2ccoc2)cc1CC(=O)c1ccc(N2CCNCC2)s1. The van der Waals surface area contributed by atoms with Crippen molar-refractivity contribution in [1.82, 2.24) is 41.1 Å². The van der Waals surface area contributed by atoms with Crippen LogP contribution in [0.25, 0.3) is 54.5 Å². The number of nitrogen functional groups attached to an aromatic ring is 5. The summed E-state index contributed by atoms with van der Waals surface area (Å²) in [7, 11) is 2.13. The van der Waals surface area contributed by atoms with Gasteiger partial charge in [0.25, 0.3) is 0 Å². The zero-order valence-corrected chi connectivity index (χ0v) is 80.0. The van der Waals surface area contributed by atoms with Crippen molar-refractivity contribution in [2.45, 2.75) is 39.0 Å². The Bertz CT molecular complexity index is 6220. The van der Waals surface area contributed by atoms with E-state index in [1.54, 1.807) is 94.1 Å². The number of ketones is 5. The first-order valence-electron chi connectivity index (χ1n) is 44.4. The summed E-state index contributed by atoms with van der Waals surface area (Å²) in [5.74, 6) is 1.24. The van der Waals surface area contributed by atoms with Crippen molar-refractivity contribution in [2.24, 2.45) is 0 Å². The Labute approximate surface area is 802 Å². The molecule has 133 heavy (non-hydrogen) atoms. The van der Waals surface area contributed by atoms with Gasteiger partial charge in [-0.1, -0.05) is 59.1 Å². The molecule has 0 amide bonds. The summed E-state index contributed by atoms with van der Waals surface area (Å²) in [5.41, 5.74) is 46.2. The predicted octanol–water partition coefficient (Wildman–Crippen LogP) is 17.3. The van der Waals surface area contributed by atoms with Gasteiger partial charge < -0.3 is 88.2 Å². The molecule has 0 atom stereocenters. The number of piperazine rings is 5. The number of hydrogen-bond acceptors (Lipinski definition) is 32. The van der Waals surface area contributed by atoms with Crippen LogP contribution in [0, 0.1) is 6.92 Å². The maximum absolute atomic E-state index is 13.0. The lowest BCUT2D eigenvalue weighted by Crippen LogP contribution is -2.44. The van der Waals surface area contributed by atoms with Gasteiger partial charge >= 0.3 is 0 Å². The minimum Gasteiger partial charge on any atom is -0.472 e. The average molecular weight is 1910 g/mol. The minimum atomic E-state index is 0.0721. The summed E-state index contributed by atoms with van der Waals surface area (Å²) >= 11 is 11.1. The number of rotatable bonds is 25. The molecule has 15 heterocycles. The Balaban J connectivity index is 0.000000121. The van der Waals surface area contributed by atoms with Crippen molar-refractivity contribution in [3.05, 3.63) is 288 Å². The number of benzene rings is 5. The van der Waals surface area contributed by atoms with Crippen LogP contribution < -0.4 is 74.4 Å². The fraction of sp³-hybridized carbons (Fsp3) is 0.267. The Hall–Kier alpha value is -12.3. The highest BCUT2D eigenvalue weighted by Gasteiger charge is 2.27. The second kappa shape index (κ2) is 45.4. The number of likely N-dealkylation sites (N-methyl/N-ethyl adjacent to an activating group) is 1. The number of pyridine rings is 1. The van der Waals surface area contributed by atoms with Crippen molar-refractivity contribution in [1.29, 1.82) is 0 Å². The van der Waals surface area contributed by atoms with E-state index >= 15 is 0 Å². The number of Topliss-reactive ketones (excluding diaryl/α,β-unsaturated/α-hetero) is 5. The number of anilines is 10. The molecule has 10 aromatic heterocycles. The van der Waals surface area contributed by atoms with Crippen LogP contribution in [0.4, 0.5) is 53.7 Å². The van der Waals surface area contributed by atoms with Crippen LogP contribution in [0.2, 0.25) is 0 Å². The summed E-state index contributed by atoms with van der Waals surface area (Å²) in [6, 6.07) is 58.9. The summed E-state index contributed by atoms with van der Waals surface area (Å²) in [4.78, 5) is 97.2. The zero-order chi connectivity index (χ0) is 92.1. The van der Waals surface area contributed by atoms with Crippen LogP contribution in [0.3, 0.4) is 0 Å². The van der Waals surface area contributed by atoms with Gasteiger partial charge in [-0.2, -0.15) is 0 Å². The van der Waals surface area contributed by atoms with Crippen LogP contribution in [0.15, 0.2) is 239 Å². The quantitative estimate of drug-likeness (QED) is 0.0190. The molecular weight excluding hydrogens is 1800 g/mol. The molecule has 686 valence electrons. The van der Waals surface area contributed by atoms with E-state index < -0.39 is 0 Å². The Kier molecular flexibility index (Phi) is 32.1. The number of aryl methyl sites for hydroxylation is 1. The molecule has 20 rings (SSSR count). The zero-order valence-electron chi connectivity index (χ0n) is 74.2. The summed E-state index contributed by atoms with van der Waals surface area (Å²) < 4.78 is 10.6. The van der Waals surface area contributed by atoms with E-state index in [0.717, 1.165) is 249 Å². The largest absolute Gasteiger partial charge is 0.472 e. The van der Waals surface area contributed by atoms with Crippen molar-refractivity contribution >= 4 is 162 Å². The first-order chi connectivity index (χ1) is 64.8. The Morgan fingerprint density at radius 1 is 0.368 bits per heavy atom. The lowest BCUT2D eigenvalue weighted by Gasteiger charge is -2.32. The number of hydrogen-bond donors (Lipinski definition) is 9. The molecular formula is C101H108N18O7S7. The van der Waals surface area contributed by atoms with Crippen LogP contribution in [0.1, 0.15) is 81.9 Å². The summed E-state index contributed by atoms with van der Waals surface area (Å²) in [6.45, 7) is 21.4. The molecule has 0 spiro atoms. The van der Waals surface area contributed by atoms with E-state index in [1.165, 1.54) is 37.4 Å². The van der Waals surface area contributed by atoms with E-state index in [1.807, 2.05) is 170 Å². The van der Waals surface area contributed by atoms with Gasteiger partial charge in [-0.15, -0.1) is 56.7 Å². The number of nitrogens with one attached hydrogen (secondary N) is 4.